The van der Waals surface area contributed by atoms with Gasteiger partial charge in [0.2, 0.25) is 0 Å². The Morgan fingerprint density at radius 2 is 1.11 bits per heavy atom. The maximum Gasteiger partial charge on any atom is 0.454 e. The van der Waals surface area contributed by atoms with E-state index in [1.165, 1.54) is 12.1 Å². The third-order valence-corrected chi connectivity index (χ3v) is 3.78. The van der Waals surface area contributed by atoms with Gasteiger partial charge in [-0.05, 0) is 59.7 Å². The van der Waals surface area contributed by atoms with Crippen LogP contribution in [-0.4, -0.2) is 12.0 Å². The Bertz CT molecular complexity index is 961. The number of benzene rings is 3. The number of carbonyl (C=O) groups excluding carboxylic acids is 1. The molecule has 3 aromatic rings. The van der Waals surface area contributed by atoms with E-state index in [-0.39, 0.29) is 0 Å². The van der Waals surface area contributed by atoms with E-state index in [0.29, 0.717) is 17.1 Å². The van der Waals surface area contributed by atoms with Crippen molar-refractivity contribution in [1.82, 2.24) is 0 Å². The van der Waals surface area contributed by atoms with Gasteiger partial charge in [-0.3, -0.25) is 4.79 Å². The molecule has 0 bridgehead atoms. The van der Waals surface area contributed by atoms with E-state index in [2.05, 4.69) is 10.2 Å². The minimum atomic E-state index is -4.89. The fraction of sp³-hybridized carbons (Fsp3) is 0.0500. The second-order valence-electron chi connectivity index (χ2n) is 5.74. The van der Waals surface area contributed by atoms with Crippen LogP contribution >= 0.6 is 0 Å². The molecule has 0 saturated carbocycles. The molecule has 3 rings (SSSR count). The van der Waals surface area contributed by atoms with Crippen molar-refractivity contribution in [2.45, 2.75) is 6.18 Å². The van der Waals surface area contributed by atoms with Crippen molar-refractivity contribution in [3.8, 4) is 11.1 Å². The smallest absolute Gasteiger partial charge is 0.399 e. The molecule has 7 heteroatoms. The Morgan fingerprint density at radius 3 is 1.56 bits per heavy atom. The number of hydrogen-bond acceptors (Lipinski definition) is 4. The van der Waals surface area contributed by atoms with Crippen molar-refractivity contribution < 1.29 is 18.0 Å². The molecule has 0 unspecified atom stereocenters. The number of nitrogens with two attached hydrogens (primary N) is 1. The molecule has 0 amide bonds. The maximum absolute atomic E-state index is 12.4. The topological polar surface area (TPSA) is 67.8 Å². The summed E-state index contributed by atoms with van der Waals surface area (Å²) in [6.45, 7) is 0. The van der Waals surface area contributed by atoms with Gasteiger partial charge in [-0.25, -0.2) is 0 Å². The van der Waals surface area contributed by atoms with E-state index in [0.717, 1.165) is 23.3 Å². The highest BCUT2D eigenvalue weighted by atomic mass is 19.4. The summed E-state index contributed by atoms with van der Waals surface area (Å²) in [5, 5.41) is 8.02. The molecular weight excluding hydrogens is 355 g/mol. The molecule has 0 aliphatic carbocycles. The first-order valence-electron chi connectivity index (χ1n) is 7.92. The molecule has 0 aromatic heterocycles. The number of nitrogen functional groups attached to an aromatic ring is 1. The van der Waals surface area contributed by atoms with Crippen molar-refractivity contribution in [2.75, 3.05) is 5.73 Å². The molecule has 4 nitrogen and oxygen atoms in total. The van der Waals surface area contributed by atoms with Crippen LogP contribution in [0.2, 0.25) is 0 Å². The molecule has 0 spiro atoms. The van der Waals surface area contributed by atoms with Crippen LogP contribution in [0.3, 0.4) is 0 Å². The van der Waals surface area contributed by atoms with Crippen molar-refractivity contribution in [3.63, 3.8) is 0 Å². The number of azo groups is 1. The van der Waals surface area contributed by atoms with Crippen LogP contribution in [-0.2, 0) is 0 Å². The first-order valence-corrected chi connectivity index (χ1v) is 7.92. The van der Waals surface area contributed by atoms with Crippen molar-refractivity contribution in [3.05, 3.63) is 78.4 Å². The quantitative estimate of drug-likeness (QED) is 0.343. The number of anilines is 1. The van der Waals surface area contributed by atoms with Crippen LogP contribution < -0.4 is 5.73 Å². The predicted octanol–water partition coefficient (Wildman–Crippen LogP) is 6.10. The average molecular weight is 369 g/mol. The van der Waals surface area contributed by atoms with Gasteiger partial charge in [0.15, 0.2) is 0 Å². The summed E-state index contributed by atoms with van der Waals surface area (Å²) in [5.74, 6) is -1.88. The molecule has 27 heavy (non-hydrogen) atoms. The Kier molecular flexibility index (Phi) is 5.03. The van der Waals surface area contributed by atoms with E-state index in [4.69, 9.17) is 5.73 Å². The number of nitrogens with zero attached hydrogens (tertiary/aromatic N) is 2. The monoisotopic (exact) mass is 369 g/mol. The van der Waals surface area contributed by atoms with Gasteiger partial charge >= 0.3 is 6.18 Å². The van der Waals surface area contributed by atoms with Gasteiger partial charge < -0.3 is 5.73 Å². The van der Waals surface area contributed by atoms with Gasteiger partial charge in [-0.2, -0.15) is 23.4 Å². The summed E-state index contributed by atoms with van der Waals surface area (Å²) in [4.78, 5) is 11.1. The fourth-order valence-electron chi connectivity index (χ4n) is 2.35. The maximum atomic E-state index is 12.4. The number of rotatable bonds is 4. The molecule has 0 atom stereocenters. The van der Waals surface area contributed by atoms with Gasteiger partial charge in [-0.1, -0.05) is 24.3 Å². The van der Waals surface area contributed by atoms with Crippen LogP contribution in [0.4, 0.5) is 30.2 Å². The highest BCUT2D eigenvalue weighted by Crippen LogP contribution is 2.26. The van der Waals surface area contributed by atoms with Crippen LogP contribution in [0.5, 0.6) is 0 Å². The van der Waals surface area contributed by atoms with Crippen molar-refractivity contribution in [1.29, 1.82) is 0 Å². The van der Waals surface area contributed by atoms with Crippen LogP contribution in [0.25, 0.3) is 11.1 Å². The SMILES string of the molecule is Nc1ccc(-c2ccc(N=Nc3ccc(C(=O)C(F)(F)F)cc3)cc2)cc1. The van der Waals surface area contributed by atoms with Crippen molar-refractivity contribution >= 4 is 22.8 Å². The Hall–Kier alpha value is -3.48. The molecule has 0 fully saturated rings. The van der Waals surface area contributed by atoms with Crippen LogP contribution in [0.15, 0.2) is 83.0 Å². The van der Waals surface area contributed by atoms with E-state index < -0.39 is 17.5 Å². The van der Waals surface area contributed by atoms with E-state index in [1.54, 1.807) is 12.1 Å². The predicted molar refractivity (Wildman–Crippen MR) is 97.3 cm³/mol. The zero-order valence-electron chi connectivity index (χ0n) is 13.9. The minimum Gasteiger partial charge on any atom is -0.399 e. The lowest BCUT2D eigenvalue weighted by atomic mass is 10.1. The van der Waals surface area contributed by atoms with E-state index in [1.807, 2.05) is 36.4 Å². The summed E-state index contributed by atoms with van der Waals surface area (Å²) in [6.07, 6.45) is -4.89. The number of carbonyl (C=O) groups is 1. The number of Topliss-reactive ketones (excluding diaryl/α,β-unsaturated/α-hetero) is 1. The molecular formula is C20H14F3N3O. The van der Waals surface area contributed by atoms with Gasteiger partial charge in [0, 0.05) is 11.3 Å². The molecule has 0 aliphatic heterocycles. The number of halogens is 3. The highest BCUT2D eigenvalue weighted by Gasteiger charge is 2.39. The van der Waals surface area contributed by atoms with Crippen LogP contribution in [0, 0.1) is 0 Å². The Balaban J connectivity index is 1.71. The summed E-state index contributed by atoms with van der Waals surface area (Å²) in [7, 11) is 0. The lowest BCUT2D eigenvalue weighted by molar-refractivity contribution is -0.0885. The van der Waals surface area contributed by atoms with E-state index in [9.17, 15) is 18.0 Å². The molecule has 0 saturated heterocycles. The molecule has 0 radical (unpaired) electrons. The third kappa shape index (κ3) is 4.58. The lowest BCUT2D eigenvalue weighted by Crippen LogP contribution is -2.22. The molecule has 2 N–H and O–H groups in total. The standard InChI is InChI=1S/C20H14F3N3O/c21-20(22,23)19(27)15-5-11-18(12-6-15)26-25-17-9-3-14(4-10-17)13-1-7-16(24)8-2-13/h1-12H,24H2. The lowest BCUT2D eigenvalue weighted by Gasteiger charge is -2.04. The zero-order valence-corrected chi connectivity index (χ0v) is 13.9. The van der Waals surface area contributed by atoms with Crippen LogP contribution in [0.1, 0.15) is 10.4 Å². The summed E-state index contributed by atoms with van der Waals surface area (Å²) < 4.78 is 37.1. The number of hydrogen-bond donors (Lipinski definition) is 1. The van der Waals surface area contributed by atoms with Gasteiger partial charge in [0.1, 0.15) is 0 Å². The Morgan fingerprint density at radius 1 is 0.704 bits per heavy atom. The Labute approximate surface area is 153 Å². The molecule has 3 aromatic carbocycles. The summed E-state index contributed by atoms with van der Waals surface area (Å²) >= 11 is 0. The van der Waals surface area contributed by atoms with Gasteiger partial charge in [-0.15, -0.1) is 0 Å². The minimum absolute atomic E-state index is 0.344. The summed E-state index contributed by atoms with van der Waals surface area (Å²) in [5.41, 5.74) is 8.85. The highest BCUT2D eigenvalue weighted by molar-refractivity contribution is 6.00. The normalized spacial score (nSPS) is 11.7. The van der Waals surface area contributed by atoms with Gasteiger partial charge in [0.25, 0.3) is 5.78 Å². The zero-order chi connectivity index (χ0) is 19.4. The average Bonchev–Trinajstić information content (AvgIpc) is 2.66. The van der Waals surface area contributed by atoms with Crippen molar-refractivity contribution in [2.24, 2.45) is 10.2 Å². The second kappa shape index (κ2) is 7.41. The third-order valence-electron chi connectivity index (χ3n) is 3.78. The molecule has 136 valence electrons. The molecule has 0 heterocycles. The largest absolute Gasteiger partial charge is 0.454 e. The van der Waals surface area contributed by atoms with Gasteiger partial charge in [0.05, 0.1) is 11.4 Å². The first-order chi connectivity index (χ1) is 12.8. The number of ketones is 1. The second-order valence-corrected chi connectivity index (χ2v) is 5.74. The molecule has 0 aliphatic rings. The summed E-state index contributed by atoms with van der Waals surface area (Å²) in [6, 6.07) is 19.5. The van der Waals surface area contributed by atoms with E-state index >= 15 is 0 Å². The first kappa shape index (κ1) is 18.3. The fourth-order valence-corrected chi connectivity index (χ4v) is 2.35. The number of alkyl halides is 3.